The summed E-state index contributed by atoms with van der Waals surface area (Å²) in [7, 11) is 3.80. The Hall–Kier alpha value is -1.10. The molecule has 0 fully saturated rings. The Labute approximate surface area is 123 Å². The maximum Gasteiger partial charge on any atom is 0.119 e. The van der Waals surface area contributed by atoms with Gasteiger partial charge in [0.25, 0.3) is 0 Å². The van der Waals surface area contributed by atoms with Crippen LogP contribution in [-0.2, 0) is 11.3 Å². The number of hydrogen-bond donors (Lipinski definition) is 1. The molecule has 0 amide bonds. The quantitative estimate of drug-likeness (QED) is 0.630. The highest BCUT2D eigenvalue weighted by atomic mass is 16.5. The van der Waals surface area contributed by atoms with Gasteiger partial charge in [-0.25, -0.2) is 0 Å². The van der Waals surface area contributed by atoms with Gasteiger partial charge in [0, 0.05) is 26.7 Å². The van der Waals surface area contributed by atoms with Crippen molar-refractivity contribution in [3.63, 3.8) is 0 Å². The number of rotatable bonds is 11. The van der Waals surface area contributed by atoms with Gasteiger partial charge in [-0.05, 0) is 37.7 Å². The third-order valence-electron chi connectivity index (χ3n) is 3.10. The lowest BCUT2D eigenvalue weighted by molar-refractivity contribution is 0.150. The highest BCUT2D eigenvalue weighted by Gasteiger charge is 1.99. The second-order valence-corrected chi connectivity index (χ2v) is 4.97. The van der Waals surface area contributed by atoms with E-state index in [0.717, 1.165) is 45.0 Å². The first-order chi connectivity index (χ1) is 9.76. The summed E-state index contributed by atoms with van der Waals surface area (Å²) in [5, 5.41) is 3.39. The molecule has 0 aliphatic rings. The number of benzene rings is 1. The van der Waals surface area contributed by atoms with Crippen LogP contribution in [0.2, 0.25) is 0 Å². The zero-order chi connectivity index (χ0) is 14.6. The van der Waals surface area contributed by atoms with Gasteiger partial charge in [-0.15, -0.1) is 0 Å². The summed E-state index contributed by atoms with van der Waals surface area (Å²) >= 11 is 0. The van der Waals surface area contributed by atoms with Crippen molar-refractivity contribution in [1.29, 1.82) is 0 Å². The van der Waals surface area contributed by atoms with Gasteiger partial charge in [-0.2, -0.15) is 0 Å². The predicted molar refractivity (Wildman–Crippen MR) is 83.3 cm³/mol. The summed E-state index contributed by atoms with van der Waals surface area (Å²) in [5.74, 6) is 0.935. The summed E-state index contributed by atoms with van der Waals surface area (Å²) in [4.78, 5) is 2.20. The fourth-order valence-corrected chi connectivity index (χ4v) is 1.79. The minimum absolute atomic E-state index is 0.702. The zero-order valence-corrected chi connectivity index (χ0v) is 13.0. The van der Waals surface area contributed by atoms with Crippen molar-refractivity contribution in [2.75, 3.05) is 47.0 Å². The Kier molecular flexibility index (Phi) is 9.04. The molecule has 1 rings (SSSR count). The van der Waals surface area contributed by atoms with Crippen molar-refractivity contribution in [1.82, 2.24) is 10.2 Å². The van der Waals surface area contributed by atoms with E-state index in [1.54, 1.807) is 7.11 Å². The maximum absolute atomic E-state index is 5.73. The minimum Gasteiger partial charge on any atom is -0.492 e. The molecule has 0 saturated heterocycles. The lowest BCUT2D eigenvalue weighted by Crippen LogP contribution is -2.27. The fraction of sp³-hybridized carbons (Fsp3) is 0.625. The summed E-state index contributed by atoms with van der Waals surface area (Å²) in [5.41, 5.74) is 1.29. The van der Waals surface area contributed by atoms with Gasteiger partial charge in [-0.3, -0.25) is 0 Å². The van der Waals surface area contributed by atoms with E-state index in [1.807, 2.05) is 12.1 Å². The van der Waals surface area contributed by atoms with Crippen LogP contribution in [0.25, 0.3) is 0 Å². The van der Waals surface area contributed by atoms with Crippen LogP contribution in [0.1, 0.15) is 18.9 Å². The number of hydrogen-bond acceptors (Lipinski definition) is 4. The summed E-state index contributed by atoms with van der Waals surface area (Å²) in [6.45, 7) is 7.46. The molecule has 0 aliphatic heterocycles. The van der Waals surface area contributed by atoms with Crippen LogP contribution in [0.3, 0.4) is 0 Å². The molecule has 114 valence electrons. The standard InChI is InChI=1S/C16H28N2O2/c1-4-9-17-14-15-5-7-16(8-6-15)20-13-11-18(2)10-12-19-3/h5-8,17H,4,9-14H2,1-3H3. The highest BCUT2D eigenvalue weighted by Crippen LogP contribution is 2.12. The molecule has 0 spiro atoms. The number of methoxy groups -OCH3 is 1. The monoisotopic (exact) mass is 280 g/mol. The van der Waals surface area contributed by atoms with E-state index < -0.39 is 0 Å². The molecule has 0 unspecified atom stereocenters. The normalized spacial score (nSPS) is 11.0. The van der Waals surface area contributed by atoms with Crippen molar-refractivity contribution in [3.05, 3.63) is 29.8 Å². The van der Waals surface area contributed by atoms with Gasteiger partial charge in [0.15, 0.2) is 0 Å². The highest BCUT2D eigenvalue weighted by molar-refractivity contribution is 5.27. The van der Waals surface area contributed by atoms with E-state index in [1.165, 1.54) is 5.56 Å². The van der Waals surface area contributed by atoms with Crippen molar-refractivity contribution >= 4 is 0 Å². The Balaban J connectivity index is 2.20. The summed E-state index contributed by atoms with van der Waals surface area (Å²) < 4.78 is 10.8. The first-order valence-corrected chi connectivity index (χ1v) is 7.36. The molecule has 0 radical (unpaired) electrons. The van der Waals surface area contributed by atoms with E-state index in [4.69, 9.17) is 9.47 Å². The van der Waals surface area contributed by atoms with Crippen molar-refractivity contribution in [2.24, 2.45) is 0 Å². The van der Waals surface area contributed by atoms with Gasteiger partial charge in [0.05, 0.1) is 6.61 Å². The largest absolute Gasteiger partial charge is 0.492 e. The molecular weight excluding hydrogens is 252 g/mol. The van der Waals surface area contributed by atoms with E-state index in [2.05, 4.69) is 36.3 Å². The Bertz CT molecular complexity index is 341. The van der Waals surface area contributed by atoms with Crippen LogP contribution >= 0.6 is 0 Å². The third-order valence-corrected chi connectivity index (χ3v) is 3.10. The molecule has 4 heteroatoms. The topological polar surface area (TPSA) is 33.7 Å². The summed E-state index contributed by atoms with van der Waals surface area (Å²) in [6, 6.07) is 8.31. The first kappa shape index (κ1) is 17.0. The van der Waals surface area contributed by atoms with Crippen LogP contribution in [0, 0.1) is 0 Å². The van der Waals surface area contributed by atoms with Crippen molar-refractivity contribution < 1.29 is 9.47 Å². The predicted octanol–water partition coefficient (Wildman–Crippen LogP) is 2.14. The van der Waals surface area contributed by atoms with Crippen LogP contribution in [0.15, 0.2) is 24.3 Å². The molecular formula is C16H28N2O2. The fourth-order valence-electron chi connectivity index (χ4n) is 1.79. The molecule has 4 nitrogen and oxygen atoms in total. The molecule has 0 aliphatic carbocycles. The Morgan fingerprint density at radius 3 is 2.45 bits per heavy atom. The second-order valence-electron chi connectivity index (χ2n) is 4.97. The van der Waals surface area contributed by atoms with Gasteiger partial charge >= 0.3 is 0 Å². The molecule has 1 aromatic carbocycles. The van der Waals surface area contributed by atoms with E-state index in [9.17, 15) is 0 Å². The van der Waals surface area contributed by atoms with Crippen LogP contribution in [0.5, 0.6) is 5.75 Å². The van der Waals surface area contributed by atoms with Gasteiger partial charge < -0.3 is 19.7 Å². The molecule has 1 N–H and O–H groups in total. The molecule has 0 atom stereocenters. The number of likely N-dealkylation sites (N-methyl/N-ethyl adjacent to an activating group) is 1. The number of nitrogens with zero attached hydrogens (tertiary/aromatic N) is 1. The van der Waals surface area contributed by atoms with Gasteiger partial charge in [0.1, 0.15) is 12.4 Å². The van der Waals surface area contributed by atoms with Crippen molar-refractivity contribution in [2.45, 2.75) is 19.9 Å². The summed E-state index contributed by atoms with van der Waals surface area (Å²) in [6.07, 6.45) is 1.16. The number of nitrogens with one attached hydrogen (secondary N) is 1. The molecule has 0 heterocycles. The van der Waals surface area contributed by atoms with Crippen molar-refractivity contribution in [3.8, 4) is 5.75 Å². The van der Waals surface area contributed by atoms with Gasteiger partial charge in [0.2, 0.25) is 0 Å². The van der Waals surface area contributed by atoms with E-state index in [0.29, 0.717) is 6.61 Å². The Morgan fingerprint density at radius 2 is 1.80 bits per heavy atom. The Morgan fingerprint density at radius 1 is 1.10 bits per heavy atom. The lowest BCUT2D eigenvalue weighted by atomic mass is 10.2. The first-order valence-electron chi connectivity index (χ1n) is 7.36. The lowest BCUT2D eigenvalue weighted by Gasteiger charge is -2.16. The molecule has 1 aromatic rings. The van der Waals surface area contributed by atoms with Gasteiger partial charge in [-0.1, -0.05) is 19.1 Å². The third kappa shape index (κ3) is 7.48. The molecule has 0 saturated carbocycles. The second kappa shape index (κ2) is 10.7. The van der Waals surface area contributed by atoms with Crippen LogP contribution < -0.4 is 10.1 Å². The van der Waals surface area contributed by atoms with E-state index in [-0.39, 0.29) is 0 Å². The average molecular weight is 280 g/mol. The SMILES string of the molecule is CCCNCc1ccc(OCCN(C)CCOC)cc1. The van der Waals surface area contributed by atoms with Crippen LogP contribution in [0.4, 0.5) is 0 Å². The minimum atomic E-state index is 0.702. The molecule has 20 heavy (non-hydrogen) atoms. The number of ether oxygens (including phenoxy) is 2. The van der Waals surface area contributed by atoms with E-state index >= 15 is 0 Å². The smallest absolute Gasteiger partial charge is 0.119 e. The zero-order valence-electron chi connectivity index (χ0n) is 13.0. The molecule has 0 aromatic heterocycles. The van der Waals surface area contributed by atoms with Crippen LogP contribution in [-0.4, -0.2) is 51.9 Å². The maximum atomic E-state index is 5.73. The average Bonchev–Trinajstić information content (AvgIpc) is 2.47. The molecule has 0 bridgehead atoms.